The van der Waals surface area contributed by atoms with Gasteiger partial charge in [-0.25, -0.2) is 14.3 Å². The molecular weight excluding hydrogens is 352 g/mol. The summed E-state index contributed by atoms with van der Waals surface area (Å²) in [7, 11) is 0. The minimum absolute atomic E-state index is 0.0895. The Morgan fingerprint density at radius 3 is 2.54 bits per heavy atom. The largest absolute Gasteiger partial charge is 0.335 e. The molecule has 0 bridgehead atoms. The molecule has 2 aromatic heterocycles. The smallest absolute Gasteiger partial charge is 0.325 e. The summed E-state index contributed by atoms with van der Waals surface area (Å²) in [6, 6.07) is 18.6. The van der Waals surface area contributed by atoms with Gasteiger partial charge in [-0.1, -0.05) is 24.3 Å². The van der Waals surface area contributed by atoms with Crippen LogP contribution in [0.2, 0.25) is 0 Å². The van der Waals surface area contributed by atoms with Crippen molar-refractivity contribution >= 4 is 22.8 Å². The number of hydrogen-bond donors (Lipinski definition) is 1. The van der Waals surface area contributed by atoms with E-state index >= 15 is 0 Å². The molecule has 1 N–H and O–H groups in total. The van der Waals surface area contributed by atoms with Gasteiger partial charge in [0.1, 0.15) is 6.54 Å². The lowest BCUT2D eigenvalue weighted by Gasteiger charge is -2.08. The van der Waals surface area contributed by atoms with Gasteiger partial charge in [0.2, 0.25) is 5.91 Å². The Kier molecular flexibility index (Phi) is 4.53. The van der Waals surface area contributed by atoms with Crippen LogP contribution in [0.5, 0.6) is 0 Å². The number of benzene rings is 2. The van der Waals surface area contributed by atoms with Crippen molar-refractivity contribution in [3.05, 3.63) is 88.5 Å². The molecule has 6 nitrogen and oxygen atoms in total. The Balaban J connectivity index is 1.71. The zero-order valence-electron chi connectivity index (χ0n) is 15.7. The maximum absolute atomic E-state index is 13.1. The normalized spacial score (nSPS) is 10.9. The number of hydrogen-bond acceptors (Lipinski definition) is 3. The third-order valence-corrected chi connectivity index (χ3v) is 4.80. The molecule has 0 atom stereocenters. The number of carbonyl (C=O) groups is 1. The molecule has 0 spiro atoms. The van der Waals surface area contributed by atoms with E-state index in [-0.39, 0.29) is 18.1 Å². The molecule has 140 valence electrons. The molecule has 28 heavy (non-hydrogen) atoms. The topological polar surface area (TPSA) is 68.9 Å². The highest BCUT2D eigenvalue weighted by Gasteiger charge is 2.17. The number of aromatic nitrogens is 3. The Bertz CT molecular complexity index is 1220. The Morgan fingerprint density at radius 1 is 1.00 bits per heavy atom. The van der Waals surface area contributed by atoms with Crippen molar-refractivity contribution < 1.29 is 4.79 Å². The first-order valence-corrected chi connectivity index (χ1v) is 9.03. The van der Waals surface area contributed by atoms with E-state index in [0.29, 0.717) is 22.5 Å². The molecule has 6 heteroatoms. The number of amides is 1. The number of pyridine rings is 1. The van der Waals surface area contributed by atoms with E-state index in [1.807, 2.05) is 62.4 Å². The Hall–Kier alpha value is -3.67. The van der Waals surface area contributed by atoms with Gasteiger partial charge in [0, 0.05) is 11.9 Å². The molecule has 0 radical (unpaired) electrons. The summed E-state index contributed by atoms with van der Waals surface area (Å²) in [6.45, 7) is 3.92. The fourth-order valence-corrected chi connectivity index (χ4v) is 3.21. The SMILES string of the molecule is Cc1ccc(NC(=O)Cn2c(=O)n(-c3ccccc3)c3ncccc32)cc1C. The summed E-state index contributed by atoms with van der Waals surface area (Å²) in [5.74, 6) is -0.263. The Labute approximate surface area is 162 Å². The predicted octanol–water partition coefficient (Wildman–Crippen LogP) is 3.44. The fourth-order valence-electron chi connectivity index (χ4n) is 3.21. The zero-order chi connectivity index (χ0) is 19.7. The molecule has 4 aromatic rings. The van der Waals surface area contributed by atoms with Crippen LogP contribution in [0, 0.1) is 13.8 Å². The molecule has 2 aromatic carbocycles. The molecule has 2 heterocycles. The van der Waals surface area contributed by atoms with Crippen LogP contribution in [0.1, 0.15) is 11.1 Å². The molecule has 0 saturated heterocycles. The summed E-state index contributed by atoms with van der Waals surface area (Å²) in [6.07, 6.45) is 1.64. The van der Waals surface area contributed by atoms with Crippen LogP contribution in [-0.2, 0) is 11.3 Å². The molecular formula is C22H20N4O2. The highest BCUT2D eigenvalue weighted by molar-refractivity contribution is 5.91. The lowest BCUT2D eigenvalue weighted by Crippen LogP contribution is -2.28. The van der Waals surface area contributed by atoms with Crippen molar-refractivity contribution in [3.63, 3.8) is 0 Å². The van der Waals surface area contributed by atoms with Crippen LogP contribution in [-0.4, -0.2) is 20.0 Å². The number of carbonyl (C=O) groups excluding carboxylic acids is 1. The van der Waals surface area contributed by atoms with Crippen molar-refractivity contribution in [1.29, 1.82) is 0 Å². The highest BCUT2D eigenvalue weighted by atomic mass is 16.2. The quantitative estimate of drug-likeness (QED) is 0.597. The van der Waals surface area contributed by atoms with E-state index in [9.17, 15) is 9.59 Å². The highest BCUT2D eigenvalue weighted by Crippen LogP contribution is 2.17. The second-order valence-corrected chi connectivity index (χ2v) is 6.73. The van der Waals surface area contributed by atoms with Crippen LogP contribution >= 0.6 is 0 Å². The van der Waals surface area contributed by atoms with Gasteiger partial charge in [0.05, 0.1) is 11.2 Å². The standard InChI is InChI=1S/C22H20N4O2/c1-15-10-11-17(13-16(15)2)24-20(27)14-25-19-9-6-12-23-21(19)26(22(25)28)18-7-4-3-5-8-18/h3-13H,14H2,1-2H3,(H,24,27). The van der Waals surface area contributed by atoms with E-state index in [4.69, 9.17) is 0 Å². The maximum atomic E-state index is 13.1. The van der Waals surface area contributed by atoms with E-state index in [1.165, 1.54) is 9.13 Å². The number of para-hydroxylation sites is 1. The summed E-state index contributed by atoms with van der Waals surface area (Å²) in [5.41, 5.74) is 4.53. The number of nitrogens with one attached hydrogen (secondary N) is 1. The molecule has 0 fully saturated rings. The first-order valence-electron chi connectivity index (χ1n) is 9.03. The summed E-state index contributed by atoms with van der Waals surface area (Å²) in [4.78, 5) is 30.1. The minimum atomic E-state index is -0.296. The molecule has 4 rings (SSSR count). The maximum Gasteiger partial charge on any atom is 0.335 e. The molecule has 0 saturated carbocycles. The number of nitrogens with zero attached hydrogens (tertiary/aromatic N) is 3. The van der Waals surface area contributed by atoms with Gasteiger partial charge >= 0.3 is 5.69 Å². The number of fused-ring (bicyclic) bond motifs is 1. The van der Waals surface area contributed by atoms with Crippen molar-refractivity contribution in [2.45, 2.75) is 20.4 Å². The van der Waals surface area contributed by atoms with Crippen LogP contribution in [0.3, 0.4) is 0 Å². The van der Waals surface area contributed by atoms with Crippen LogP contribution in [0.25, 0.3) is 16.9 Å². The summed E-state index contributed by atoms with van der Waals surface area (Å²) < 4.78 is 2.98. The molecule has 0 aliphatic heterocycles. The van der Waals surface area contributed by atoms with Crippen LogP contribution in [0.15, 0.2) is 71.7 Å². The monoisotopic (exact) mass is 372 g/mol. The van der Waals surface area contributed by atoms with E-state index in [1.54, 1.807) is 18.3 Å². The van der Waals surface area contributed by atoms with Crippen LogP contribution < -0.4 is 11.0 Å². The lowest BCUT2D eigenvalue weighted by molar-refractivity contribution is -0.116. The van der Waals surface area contributed by atoms with Crippen molar-refractivity contribution in [2.24, 2.45) is 0 Å². The lowest BCUT2D eigenvalue weighted by atomic mass is 10.1. The van der Waals surface area contributed by atoms with Crippen LogP contribution in [0.4, 0.5) is 5.69 Å². The minimum Gasteiger partial charge on any atom is -0.325 e. The molecule has 0 aliphatic carbocycles. The first-order chi connectivity index (χ1) is 13.5. The third kappa shape index (κ3) is 3.20. The van der Waals surface area contributed by atoms with Crippen molar-refractivity contribution in [1.82, 2.24) is 14.1 Å². The number of anilines is 1. The Morgan fingerprint density at radius 2 is 1.79 bits per heavy atom. The van der Waals surface area contributed by atoms with Gasteiger partial charge in [-0.3, -0.25) is 9.36 Å². The van der Waals surface area contributed by atoms with E-state index in [0.717, 1.165) is 11.1 Å². The second kappa shape index (κ2) is 7.15. The van der Waals surface area contributed by atoms with E-state index < -0.39 is 0 Å². The van der Waals surface area contributed by atoms with Gasteiger partial charge in [0.15, 0.2) is 5.65 Å². The van der Waals surface area contributed by atoms with Gasteiger partial charge < -0.3 is 5.32 Å². The van der Waals surface area contributed by atoms with Gasteiger partial charge in [0.25, 0.3) is 0 Å². The van der Waals surface area contributed by atoms with Gasteiger partial charge in [-0.2, -0.15) is 0 Å². The number of rotatable bonds is 4. The number of imidazole rings is 1. The second-order valence-electron chi connectivity index (χ2n) is 6.73. The molecule has 0 unspecified atom stereocenters. The van der Waals surface area contributed by atoms with Crippen molar-refractivity contribution in [2.75, 3.05) is 5.32 Å². The summed E-state index contributed by atoms with van der Waals surface area (Å²) >= 11 is 0. The zero-order valence-corrected chi connectivity index (χ0v) is 15.7. The first kappa shape index (κ1) is 17.7. The third-order valence-electron chi connectivity index (χ3n) is 4.80. The van der Waals surface area contributed by atoms with Gasteiger partial charge in [-0.05, 0) is 61.4 Å². The molecule has 1 amide bonds. The van der Waals surface area contributed by atoms with E-state index in [2.05, 4.69) is 10.3 Å². The van der Waals surface area contributed by atoms with Crippen molar-refractivity contribution in [3.8, 4) is 5.69 Å². The summed E-state index contributed by atoms with van der Waals surface area (Å²) in [5, 5.41) is 2.87. The molecule has 0 aliphatic rings. The number of aryl methyl sites for hydroxylation is 2. The predicted molar refractivity (Wildman–Crippen MR) is 110 cm³/mol. The van der Waals surface area contributed by atoms with Gasteiger partial charge in [-0.15, -0.1) is 0 Å². The fraction of sp³-hybridized carbons (Fsp3) is 0.136. The average Bonchev–Trinajstić information content (AvgIpc) is 2.97. The average molecular weight is 372 g/mol.